The van der Waals surface area contributed by atoms with Gasteiger partial charge < -0.3 is 5.73 Å². The maximum absolute atomic E-state index is 12.4. The SMILES string of the molecule is Cc1ncccc1-n1c(=O)ncc2c(N)n(C3CCCC3)nc21. The number of anilines is 1. The van der Waals surface area contributed by atoms with Crippen LogP contribution >= 0.6 is 0 Å². The van der Waals surface area contributed by atoms with Gasteiger partial charge in [0.15, 0.2) is 5.65 Å². The maximum atomic E-state index is 12.4. The topological polar surface area (TPSA) is 91.6 Å². The molecule has 23 heavy (non-hydrogen) atoms. The lowest BCUT2D eigenvalue weighted by Gasteiger charge is -2.11. The Morgan fingerprint density at radius 1 is 1.26 bits per heavy atom. The lowest BCUT2D eigenvalue weighted by molar-refractivity contribution is 0.476. The van der Waals surface area contributed by atoms with Crippen molar-refractivity contribution in [2.75, 3.05) is 5.73 Å². The van der Waals surface area contributed by atoms with E-state index in [1.54, 1.807) is 12.3 Å². The number of hydrogen-bond donors (Lipinski definition) is 1. The summed E-state index contributed by atoms with van der Waals surface area (Å²) in [5.41, 5.74) is 7.89. The monoisotopic (exact) mass is 310 g/mol. The van der Waals surface area contributed by atoms with Gasteiger partial charge in [-0.3, -0.25) is 4.98 Å². The average Bonchev–Trinajstić information content (AvgIpc) is 3.17. The van der Waals surface area contributed by atoms with Crippen molar-refractivity contribution in [3.05, 3.63) is 40.7 Å². The van der Waals surface area contributed by atoms with Crippen molar-refractivity contribution in [2.24, 2.45) is 0 Å². The fourth-order valence-electron chi connectivity index (χ4n) is 3.36. The Bertz CT molecular complexity index is 935. The van der Waals surface area contributed by atoms with E-state index in [9.17, 15) is 4.79 Å². The molecule has 7 nitrogen and oxygen atoms in total. The number of fused-ring (bicyclic) bond motifs is 1. The summed E-state index contributed by atoms with van der Waals surface area (Å²) in [7, 11) is 0. The lowest BCUT2D eigenvalue weighted by Crippen LogP contribution is -2.22. The molecule has 118 valence electrons. The maximum Gasteiger partial charge on any atom is 0.353 e. The van der Waals surface area contributed by atoms with Crippen molar-refractivity contribution in [3.8, 4) is 5.69 Å². The minimum Gasteiger partial charge on any atom is -0.383 e. The minimum atomic E-state index is -0.371. The van der Waals surface area contributed by atoms with E-state index in [4.69, 9.17) is 5.73 Å². The zero-order valence-corrected chi connectivity index (χ0v) is 12.9. The molecular formula is C16H18N6O. The third-order valence-electron chi connectivity index (χ3n) is 4.56. The van der Waals surface area contributed by atoms with E-state index in [1.807, 2.05) is 17.7 Å². The number of aromatic nitrogens is 5. The first-order valence-corrected chi connectivity index (χ1v) is 7.84. The first kappa shape index (κ1) is 13.9. The molecule has 0 aliphatic heterocycles. The van der Waals surface area contributed by atoms with Crippen LogP contribution in [0.1, 0.15) is 37.4 Å². The molecule has 3 aromatic rings. The van der Waals surface area contributed by atoms with Gasteiger partial charge >= 0.3 is 5.69 Å². The van der Waals surface area contributed by atoms with Crippen molar-refractivity contribution in [2.45, 2.75) is 38.6 Å². The molecule has 1 saturated carbocycles. The van der Waals surface area contributed by atoms with E-state index in [-0.39, 0.29) is 5.69 Å². The third kappa shape index (κ3) is 2.11. The predicted molar refractivity (Wildman–Crippen MR) is 87.6 cm³/mol. The van der Waals surface area contributed by atoms with E-state index in [0.717, 1.165) is 18.5 Å². The Morgan fingerprint density at radius 2 is 2.04 bits per heavy atom. The van der Waals surface area contributed by atoms with E-state index >= 15 is 0 Å². The molecule has 0 amide bonds. The van der Waals surface area contributed by atoms with Crippen molar-refractivity contribution in [1.82, 2.24) is 24.3 Å². The average molecular weight is 310 g/mol. The quantitative estimate of drug-likeness (QED) is 0.781. The van der Waals surface area contributed by atoms with Gasteiger partial charge in [0, 0.05) is 12.4 Å². The molecule has 0 spiro atoms. The second-order valence-corrected chi connectivity index (χ2v) is 5.99. The van der Waals surface area contributed by atoms with Crippen molar-refractivity contribution < 1.29 is 0 Å². The molecule has 0 aromatic carbocycles. The fraction of sp³-hybridized carbons (Fsp3) is 0.375. The number of hydrogen-bond acceptors (Lipinski definition) is 5. The van der Waals surface area contributed by atoms with Gasteiger partial charge in [-0.2, -0.15) is 5.10 Å². The van der Waals surface area contributed by atoms with Gasteiger partial charge in [0.2, 0.25) is 0 Å². The molecule has 4 rings (SSSR count). The first-order valence-electron chi connectivity index (χ1n) is 7.84. The molecule has 1 aliphatic carbocycles. The molecule has 1 aliphatic rings. The smallest absolute Gasteiger partial charge is 0.353 e. The van der Waals surface area contributed by atoms with Gasteiger partial charge in [-0.1, -0.05) is 12.8 Å². The van der Waals surface area contributed by atoms with Crippen molar-refractivity contribution in [3.63, 3.8) is 0 Å². The molecule has 0 bridgehead atoms. The molecule has 0 saturated heterocycles. The van der Waals surface area contributed by atoms with E-state index < -0.39 is 0 Å². The molecule has 1 fully saturated rings. The van der Waals surface area contributed by atoms with E-state index in [1.165, 1.54) is 23.6 Å². The summed E-state index contributed by atoms with van der Waals surface area (Å²) in [5.74, 6) is 0.578. The number of nitrogens with two attached hydrogens (primary N) is 1. The zero-order chi connectivity index (χ0) is 16.0. The number of rotatable bonds is 2. The standard InChI is InChI=1S/C16H18N6O/c1-10-13(7-4-8-18-10)21-15-12(9-19-16(21)23)14(17)22(20-15)11-5-2-3-6-11/h4,7-9,11H,2-3,5-6,17H2,1H3. The molecule has 3 heterocycles. The molecule has 3 aromatic heterocycles. The molecule has 0 radical (unpaired) electrons. The van der Waals surface area contributed by atoms with Gasteiger partial charge in [-0.05, 0) is 31.9 Å². The summed E-state index contributed by atoms with van der Waals surface area (Å²) >= 11 is 0. The third-order valence-corrected chi connectivity index (χ3v) is 4.56. The molecule has 2 N–H and O–H groups in total. The number of pyridine rings is 1. The Labute approximate surface area is 132 Å². The van der Waals surface area contributed by atoms with Gasteiger partial charge in [0.1, 0.15) is 5.82 Å². The van der Waals surface area contributed by atoms with Gasteiger partial charge in [-0.25, -0.2) is 19.0 Å². The summed E-state index contributed by atoms with van der Waals surface area (Å²) in [6.07, 6.45) is 7.74. The van der Waals surface area contributed by atoms with Crippen LogP contribution in [0.15, 0.2) is 29.3 Å². The summed E-state index contributed by atoms with van der Waals surface area (Å²) in [6, 6.07) is 3.95. The lowest BCUT2D eigenvalue weighted by atomic mass is 10.2. The predicted octanol–water partition coefficient (Wildman–Crippen LogP) is 1.98. The summed E-state index contributed by atoms with van der Waals surface area (Å²) < 4.78 is 3.36. The van der Waals surface area contributed by atoms with Crippen LogP contribution in [0.3, 0.4) is 0 Å². The van der Waals surface area contributed by atoms with Crippen LogP contribution in [0.4, 0.5) is 5.82 Å². The largest absolute Gasteiger partial charge is 0.383 e. The van der Waals surface area contributed by atoms with Crippen LogP contribution in [0.2, 0.25) is 0 Å². The van der Waals surface area contributed by atoms with Gasteiger partial charge in [0.25, 0.3) is 0 Å². The Morgan fingerprint density at radius 3 is 2.78 bits per heavy atom. The first-order chi connectivity index (χ1) is 11.2. The highest BCUT2D eigenvalue weighted by molar-refractivity contribution is 5.86. The van der Waals surface area contributed by atoms with Crippen LogP contribution in [0.25, 0.3) is 16.7 Å². The Hall–Kier alpha value is -2.70. The van der Waals surface area contributed by atoms with Gasteiger partial charge in [0.05, 0.1) is 22.8 Å². The molecule has 0 atom stereocenters. The Balaban J connectivity index is 2.01. The normalized spacial score (nSPS) is 15.5. The van der Waals surface area contributed by atoms with Crippen LogP contribution in [-0.2, 0) is 0 Å². The fourth-order valence-corrected chi connectivity index (χ4v) is 3.36. The summed E-state index contributed by atoms with van der Waals surface area (Å²) in [4.78, 5) is 20.6. The van der Waals surface area contributed by atoms with Crippen molar-refractivity contribution >= 4 is 16.9 Å². The summed E-state index contributed by atoms with van der Waals surface area (Å²) in [6.45, 7) is 1.86. The molecule has 0 unspecified atom stereocenters. The van der Waals surface area contributed by atoms with E-state index in [2.05, 4.69) is 15.1 Å². The number of nitrogen functional groups attached to an aromatic ring is 1. The second kappa shape index (κ2) is 5.19. The van der Waals surface area contributed by atoms with Crippen LogP contribution in [-0.4, -0.2) is 24.3 Å². The minimum absolute atomic E-state index is 0.306. The Kier molecular flexibility index (Phi) is 3.14. The summed E-state index contributed by atoms with van der Waals surface area (Å²) in [5, 5.41) is 5.37. The molecular weight excluding hydrogens is 292 g/mol. The highest BCUT2D eigenvalue weighted by atomic mass is 16.1. The highest BCUT2D eigenvalue weighted by Crippen LogP contribution is 2.33. The molecule has 7 heteroatoms. The number of nitrogens with zero attached hydrogens (tertiary/aromatic N) is 5. The van der Waals surface area contributed by atoms with Gasteiger partial charge in [-0.15, -0.1) is 0 Å². The second-order valence-electron chi connectivity index (χ2n) is 5.99. The van der Waals surface area contributed by atoms with Crippen LogP contribution in [0, 0.1) is 6.92 Å². The van der Waals surface area contributed by atoms with Crippen LogP contribution < -0.4 is 11.4 Å². The van der Waals surface area contributed by atoms with Crippen molar-refractivity contribution in [1.29, 1.82) is 0 Å². The zero-order valence-electron chi connectivity index (χ0n) is 12.9. The van der Waals surface area contributed by atoms with E-state index in [0.29, 0.717) is 28.6 Å². The number of aryl methyl sites for hydroxylation is 1. The highest BCUT2D eigenvalue weighted by Gasteiger charge is 2.23. The van der Waals surface area contributed by atoms with Crippen LogP contribution in [0.5, 0.6) is 0 Å².